The van der Waals surface area contributed by atoms with Crippen LogP contribution in [-0.2, 0) is 4.74 Å². The summed E-state index contributed by atoms with van der Waals surface area (Å²) in [7, 11) is 0. The molecule has 8 heteroatoms. The van der Waals surface area contributed by atoms with Crippen LogP contribution >= 0.6 is 0 Å². The van der Waals surface area contributed by atoms with E-state index in [4.69, 9.17) is 4.74 Å². The highest BCUT2D eigenvalue weighted by molar-refractivity contribution is 5.78. The van der Waals surface area contributed by atoms with E-state index in [9.17, 15) is 14.4 Å². The van der Waals surface area contributed by atoms with E-state index in [1.54, 1.807) is 39.0 Å². The lowest BCUT2D eigenvalue weighted by Crippen LogP contribution is -2.38. The normalized spacial score (nSPS) is 12.7. The van der Waals surface area contributed by atoms with E-state index in [2.05, 4.69) is 20.6 Å². The first-order valence-electron chi connectivity index (χ1n) is 7.64. The predicted molar refractivity (Wildman–Crippen MR) is 92.5 cm³/mol. The average molecular weight is 334 g/mol. The number of H-pyrrole nitrogens is 2. The summed E-state index contributed by atoms with van der Waals surface area (Å²) in [6.07, 6.45) is -0.475. The molecule has 0 bridgehead atoms. The number of ether oxygens (including phenoxy) is 1. The molecule has 0 saturated heterocycles. The first-order chi connectivity index (χ1) is 11.1. The van der Waals surface area contributed by atoms with Crippen LogP contribution < -0.4 is 21.8 Å². The van der Waals surface area contributed by atoms with E-state index >= 15 is 0 Å². The Morgan fingerprint density at radius 3 is 2.42 bits per heavy atom. The zero-order valence-electron chi connectivity index (χ0n) is 14.1. The van der Waals surface area contributed by atoms with Crippen LogP contribution in [0.3, 0.4) is 0 Å². The fourth-order valence-electron chi connectivity index (χ4n) is 2.09. The third-order valence-electron chi connectivity index (χ3n) is 3.09. The van der Waals surface area contributed by atoms with Crippen molar-refractivity contribution in [1.29, 1.82) is 0 Å². The van der Waals surface area contributed by atoms with Crippen molar-refractivity contribution in [3.63, 3.8) is 0 Å². The predicted octanol–water partition coefficient (Wildman–Crippen LogP) is 1.54. The number of alkyl carbamates (subject to hydrolysis) is 1. The number of anilines is 1. The number of rotatable bonds is 4. The van der Waals surface area contributed by atoms with Crippen LogP contribution in [0.4, 0.5) is 10.5 Å². The summed E-state index contributed by atoms with van der Waals surface area (Å²) in [6.45, 7) is 7.67. The molecule has 1 amide bonds. The molecule has 2 aromatic rings. The SMILES string of the molecule is CC(CNC(=O)OC(C)(C)C)Nc1ccc2[nH]c(=O)c(=O)[nH]c2c1. The van der Waals surface area contributed by atoms with Gasteiger partial charge in [-0.1, -0.05) is 0 Å². The number of nitrogens with one attached hydrogen (secondary N) is 4. The average Bonchev–Trinajstić information content (AvgIpc) is 2.45. The maximum absolute atomic E-state index is 11.6. The number of aromatic nitrogens is 2. The lowest BCUT2D eigenvalue weighted by molar-refractivity contribution is 0.0526. The summed E-state index contributed by atoms with van der Waals surface area (Å²) in [4.78, 5) is 39.3. The van der Waals surface area contributed by atoms with Gasteiger partial charge in [-0.15, -0.1) is 0 Å². The summed E-state index contributed by atoms with van der Waals surface area (Å²) in [5, 5.41) is 5.89. The van der Waals surface area contributed by atoms with Gasteiger partial charge < -0.3 is 25.3 Å². The molecular formula is C16H22N4O4. The van der Waals surface area contributed by atoms with Crippen molar-refractivity contribution in [3.05, 3.63) is 38.9 Å². The zero-order valence-corrected chi connectivity index (χ0v) is 14.1. The minimum absolute atomic E-state index is 0.0653. The minimum Gasteiger partial charge on any atom is -0.444 e. The highest BCUT2D eigenvalue weighted by Gasteiger charge is 2.16. The van der Waals surface area contributed by atoms with E-state index in [1.807, 2.05) is 6.92 Å². The Balaban J connectivity index is 1.99. The number of carbonyl (C=O) groups is 1. The molecule has 24 heavy (non-hydrogen) atoms. The van der Waals surface area contributed by atoms with E-state index in [1.165, 1.54) is 0 Å². The van der Waals surface area contributed by atoms with E-state index in [-0.39, 0.29) is 6.04 Å². The van der Waals surface area contributed by atoms with Crippen LogP contribution in [0.5, 0.6) is 0 Å². The summed E-state index contributed by atoms with van der Waals surface area (Å²) < 4.78 is 5.17. The minimum atomic E-state index is -0.695. The molecule has 0 saturated carbocycles. The molecule has 0 aliphatic rings. The first kappa shape index (κ1) is 17.6. The van der Waals surface area contributed by atoms with Crippen LogP contribution in [0, 0.1) is 0 Å². The van der Waals surface area contributed by atoms with Crippen LogP contribution in [0.2, 0.25) is 0 Å². The van der Waals surface area contributed by atoms with Crippen molar-refractivity contribution in [2.75, 3.05) is 11.9 Å². The molecule has 1 unspecified atom stereocenters. The fraction of sp³-hybridized carbons (Fsp3) is 0.438. The maximum Gasteiger partial charge on any atom is 0.407 e. The molecule has 0 aliphatic heterocycles. The molecule has 1 atom stereocenters. The first-order valence-corrected chi connectivity index (χ1v) is 7.64. The molecule has 1 aromatic carbocycles. The second kappa shape index (κ2) is 6.77. The Bertz CT molecular complexity index is 848. The molecular weight excluding hydrogens is 312 g/mol. The summed E-state index contributed by atoms with van der Waals surface area (Å²) in [6, 6.07) is 5.13. The molecule has 4 N–H and O–H groups in total. The van der Waals surface area contributed by atoms with Crippen LogP contribution in [0.1, 0.15) is 27.7 Å². The van der Waals surface area contributed by atoms with Crippen molar-refractivity contribution in [2.45, 2.75) is 39.3 Å². The van der Waals surface area contributed by atoms with E-state index < -0.39 is 22.8 Å². The van der Waals surface area contributed by atoms with E-state index in [0.29, 0.717) is 17.6 Å². The van der Waals surface area contributed by atoms with Crippen molar-refractivity contribution in [3.8, 4) is 0 Å². The maximum atomic E-state index is 11.6. The number of amides is 1. The standard InChI is InChI=1S/C16H22N4O4/c1-9(8-17-15(23)24-16(2,3)4)18-10-5-6-11-12(7-10)20-14(22)13(21)19-11/h5-7,9,18H,8H2,1-4H3,(H,17,23)(H,19,21)(H,20,22). The quantitative estimate of drug-likeness (QED) is 0.633. The van der Waals surface area contributed by atoms with Gasteiger partial charge in [0.25, 0.3) is 0 Å². The van der Waals surface area contributed by atoms with Crippen molar-refractivity contribution in [2.24, 2.45) is 0 Å². The highest BCUT2D eigenvalue weighted by Crippen LogP contribution is 2.14. The third-order valence-corrected chi connectivity index (χ3v) is 3.09. The lowest BCUT2D eigenvalue weighted by atomic mass is 10.2. The van der Waals surface area contributed by atoms with Gasteiger partial charge in [0, 0.05) is 18.3 Å². The molecule has 0 radical (unpaired) electrons. The Labute approximate surface area is 138 Å². The van der Waals surface area contributed by atoms with Gasteiger partial charge in [-0.3, -0.25) is 9.59 Å². The topological polar surface area (TPSA) is 116 Å². The smallest absolute Gasteiger partial charge is 0.407 e. The molecule has 0 spiro atoms. The number of benzene rings is 1. The van der Waals surface area contributed by atoms with Gasteiger partial charge in [-0.25, -0.2) is 4.79 Å². The number of fused-ring (bicyclic) bond motifs is 1. The lowest BCUT2D eigenvalue weighted by Gasteiger charge is -2.21. The second-order valence-electron chi connectivity index (χ2n) is 6.60. The molecule has 2 rings (SSSR count). The van der Waals surface area contributed by atoms with Gasteiger partial charge in [0.1, 0.15) is 5.60 Å². The monoisotopic (exact) mass is 334 g/mol. The Morgan fingerprint density at radius 1 is 1.17 bits per heavy atom. The Morgan fingerprint density at radius 2 is 1.79 bits per heavy atom. The number of hydrogen-bond donors (Lipinski definition) is 4. The number of hydrogen-bond acceptors (Lipinski definition) is 5. The molecule has 1 aromatic heterocycles. The molecule has 1 heterocycles. The van der Waals surface area contributed by atoms with Gasteiger partial charge in [0.05, 0.1) is 11.0 Å². The number of carbonyl (C=O) groups excluding carboxylic acids is 1. The molecule has 0 fully saturated rings. The van der Waals surface area contributed by atoms with Crippen molar-refractivity contribution in [1.82, 2.24) is 15.3 Å². The Kier molecular flexibility index (Phi) is 4.96. The van der Waals surface area contributed by atoms with Crippen LogP contribution in [0.15, 0.2) is 27.8 Å². The highest BCUT2D eigenvalue weighted by atomic mass is 16.6. The second-order valence-corrected chi connectivity index (χ2v) is 6.60. The summed E-state index contributed by atoms with van der Waals surface area (Å²) in [5.41, 5.74) is -0.0929. The van der Waals surface area contributed by atoms with Gasteiger partial charge in [-0.2, -0.15) is 0 Å². The van der Waals surface area contributed by atoms with Gasteiger partial charge in [0.2, 0.25) is 0 Å². The van der Waals surface area contributed by atoms with Gasteiger partial charge >= 0.3 is 17.2 Å². The third kappa shape index (κ3) is 4.87. The van der Waals surface area contributed by atoms with Crippen LogP contribution in [-0.4, -0.2) is 34.2 Å². The zero-order chi connectivity index (χ0) is 17.9. The van der Waals surface area contributed by atoms with Gasteiger partial charge in [-0.05, 0) is 45.9 Å². The number of aromatic amines is 2. The van der Waals surface area contributed by atoms with Crippen LogP contribution in [0.25, 0.3) is 11.0 Å². The van der Waals surface area contributed by atoms with Crippen molar-refractivity contribution >= 4 is 22.8 Å². The van der Waals surface area contributed by atoms with Crippen molar-refractivity contribution < 1.29 is 9.53 Å². The fourth-order valence-corrected chi connectivity index (χ4v) is 2.09. The Hall–Kier alpha value is -2.77. The molecule has 0 aliphatic carbocycles. The molecule has 130 valence electrons. The largest absolute Gasteiger partial charge is 0.444 e. The summed E-state index contributed by atoms with van der Waals surface area (Å²) in [5.74, 6) is 0. The van der Waals surface area contributed by atoms with Gasteiger partial charge in [0.15, 0.2) is 0 Å². The molecule has 8 nitrogen and oxygen atoms in total. The summed E-state index contributed by atoms with van der Waals surface area (Å²) >= 11 is 0. The van der Waals surface area contributed by atoms with E-state index in [0.717, 1.165) is 5.69 Å².